The average molecular weight is 625 g/mol. The first-order valence-corrected chi connectivity index (χ1v) is 14.0. The maximum Gasteiger partial charge on any atom is 0.446 e. The molecule has 5 rings (SSSR count). The number of halogens is 6. The first-order valence-electron chi connectivity index (χ1n) is 13.1. The van der Waals surface area contributed by atoms with Crippen molar-refractivity contribution in [3.63, 3.8) is 0 Å². The summed E-state index contributed by atoms with van der Waals surface area (Å²) >= 11 is 1.65. The molecule has 1 fully saturated rings. The number of piperidine rings is 1. The lowest BCUT2D eigenvalue weighted by atomic mass is 9.94. The van der Waals surface area contributed by atoms with E-state index in [4.69, 9.17) is 9.53 Å². The molecule has 8 nitrogen and oxygen atoms in total. The van der Waals surface area contributed by atoms with E-state index in [0.717, 1.165) is 43.5 Å². The van der Waals surface area contributed by atoms with Crippen molar-refractivity contribution in [3.05, 3.63) is 58.4 Å². The van der Waals surface area contributed by atoms with Gasteiger partial charge in [0.25, 0.3) is 0 Å². The molecule has 3 aromatic heterocycles. The van der Waals surface area contributed by atoms with Gasteiger partial charge in [0.2, 0.25) is 6.29 Å². The van der Waals surface area contributed by atoms with E-state index >= 15 is 0 Å². The van der Waals surface area contributed by atoms with Crippen molar-refractivity contribution in [3.8, 4) is 23.1 Å². The molecule has 0 N–H and O–H groups in total. The monoisotopic (exact) mass is 624 g/mol. The number of ether oxygens (including phenoxy) is 1. The molecular formula is C28H26F6N6O2S. The Morgan fingerprint density at radius 3 is 2.47 bits per heavy atom. The summed E-state index contributed by atoms with van der Waals surface area (Å²) in [5, 5.41) is 12.5. The second-order valence-corrected chi connectivity index (χ2v) is 10.8. The summed E-state index contributed by atoms with van der Waals surface area (Å²) in [6, 6.07) is 7.55. The topological polar surface area (TPSA) is 96.9 Å². The van der Waals surface area contributed by atoms with Crippen LogP contribution in [0.5, 0.6) is 5.75 Å². The maximum atomic E-state index is 14.0. The van der Waals surface area contributed by atoms with Gasteiger partial charge in [-0.3, -0.25) is 9.69 Å². The first-order chi connectivity index (χ1) is 20.4. The minimum absolute atomic E-state index is 0.0692. The van der Waals surface area contributed by atoms with Crippen LogP contribution in [-0.4, -0.2) is 56.6 Å². The Hall–Kier alpha value is -4.03. The molecule has 0 amide bonds. The van der Waals surface area contributed by atoms with Crippen LogP contribution in [-0.2, 0) is 24.6 Å². The Morgan fingerprint density at radius 1 is 1.14 bits per heavy atom. The lowest BCUT2D eigenvalue weighted by Gasteiger charge is -2.31. The Labute approximate surface area is 246 Å². The third-order valence-electron chi connectivity index (χ3n) is 6.87. The highest BCUT2D eigenvalue weighted by atomic mass is 32.1. The van der Waals surface area contributed by atoms with Gasteiger partial charge in [-0.25, -0.2) is 15.0 Å². The molecule has 0 spiro atoms. The van der Waals surface area contributed by atoms with E-state index in [0.29, 0.717) is 23.4 Å². The fourth-order valence-corrected chi connectivity index (χ4v) is 5.34. The molecule has 4 aromatic rings. The van der Waals surface area contributed by atoms with Gasteiger partial charge in [0.05, 0.1) is 36.3 Å². The van der Waals surface area contributed by atoms with Gasteiger partial charge < -0.3 is 9.30 Å². The van der Waals surface area contributed by atoms with E-state index in [1.807, 2.05) is 17.6 Å². The lowest BCUT2D eigenvalue weighted by molar-refractivity contribution is -0.156. The van der Waals surface area contributed by atoms with E-state index in [2.05, 4.69) is 19.9 Å². The van der Waals surface area contributed by atoms with E-state index < -0.39 is 24.2 Å². The number of pyridine rings is 1. The van der Waals surface area contributed by atoms with Crippen molar-refractivity contribution in [2.45, 2.75) is 38.2 Å². The van der Waals surface area contributed by atoms with E-state index in [-0.39, 0.29) is 29.3 Å². The number of aldehydes is 1. The number of hydrogen-bond donors (Lipinski definition) is 0. The molecule has 1 aliphatic rings. The summed E-state index contributed by atoms with van der Waals surface area (Å²) in [5.41, 5.74) is 0.779. The Balaban J connectivity index is 0.000000641. The lowest BCUT2D eigenvalue weighted by Crippen LogP contribution is -2.33. The zero-order valence-electron chi connectivity index (χ0n) is 22.8. The van der Waals surface area contributed by atoms with Crippen LogP contribution in [0.25, 0.3) is 22.3 Å². The smallest absolute Gasteiger partial charge is 0.446 e. The third kappa shape index (κ3) is 8.51. The summed E-state index contributed by atoms with van der Waals surface area (Å²) in [7, 11) is 1.75. The molecule has 0 bridgehead atoms. The minimum Gasteiger partial charge on any atom is -0.493 e. The predicted octanol–water partition coefficient (Wildman–Crippen LogP) is 6.41. The molecule has 228 valence electrons. The second kappa shape index (κ2) is 13.5. The van der Waals surface area contributed by atoms with Crippen LogP contribution in [0.1, 0.15) is 35.5 Å². The normalized spacial score (nSPS) is 14.7. The van der Waals surface area contributed by atoms with Crippen LogP contribution in [0, 0.1) is 17.2 Å². The number of benzene rings is 1. The van der Waals surface area contributed by atoms with E-state index in [9.17, 15) is 31.6 Å². The number of rotatable bonds is 7. The predicted molar refractivity (Wildman–Crippen MR) is 146 cm³/mol. The first kappa shape index (κ1) is 31.9. The van der Waals surface area contributed by atoms with Gasteiger partial charge in [0.1, 0.15) is 22.3 Å². The number of hydrogen-bond acceptors (Lipinski definition) is 8. The highest BCUT2D eigenvalue weighted by molar-refractivity contribution is 7.09. The summed E-state index contributed by atoms with van der Waals surface area (Å²) in [5.74, 6) is 0.222. The number of carbonyl (C=O) groups excluding carboxylic acids is 1. The molecule has 0 aliphatic carbocycles. The molecule has 43 heavy (non-hydrogen) atoms. The van der Waals surface area contributed by atoms with Gasteiger partial charge in [0, 0.05) is 24.2 Å². The van der Waals surface area contributed by atoms with Crippen molar-refractivity contribution in [1.82, 2.24) is 24.4 Å². The van der Waals surface area contributed by atoms with Crippen LogP contribution in [0.4, 0.5) is 26.3 Å². The minimum atomic E-state index is -4.64. The second-order valence-electron chi connectivity index (χ2n) is 9.84. The van der Waals surface area contributed by atoms with Gasteiger partial charge in [-0.05, 0) is 62.5 Å². The zero-order valence-corrected chi connectivity index (χ0v) is 23.6. The fraction of sp³-hybridized carbons (Fsp3) is 0.393. The van der Waals surface area contributed by atoms with Crippen LogP contribution in [0.15, 0.2) is 42.2 Å². The number of alkyl halides is 6. The fourth-order valence-electron chi connectivity index (χ4n) is 4.68. The number of aryl methyl sites for hydroxylation is 1. The average Bonchev–Trinajstić information content (AvgIpc) is 3.62. The quantitative estimate of drug-likeness (QED) is 0.173. The Morgan fingerprint density at radius 2 is 1.86 bits per heavy atom. The highest BCUT2D eigenvalue weighted by Crippen LogP contribution is 2.39. The largest absolute Gasteiger partial charge is 0.493 e. The molecule has 1 saturated heterocycles. The van der Waals surface area contributed by atoms with Crippen molar-refractivity contribution in [2.75, 3.05) is 19.7 Å². The van der Waals surface area contributed by atoms with Gasteiger partial charge in [-0.15, -0.1) is 11.3 Å². The maximum absolute atomic E-state index is 14.0. The number of nitrogens with zero attached hydrogens (tertiary/aromatic N) is 6. The van der Waals surface area contributed by atoms with Gasteiger partial charge in [0.15, 0.2) is 5.69 Å². The number of nitriles is 1. The Kier molecular flexibility index (Phi) is 10.0. The number of carbonyl (C=O) groups is 1. The van der Waals surface area contributed by atoms with Gasteiger partial charge in [-0.2, -0.15) is 31.6 Å². The number of likely N-dealkylation sites (tertiary alicyclic amines) is 1. The van der Waals surface area contributed by atoms with Gasteiger partial charge in [-0.1, -0.05) is 0 Å². The highest BCUT2D eigenvalue weighted by Gasteiger charge is 2.35. The number of imidazole rings is 1. The number of aromatic nitrogens is 4. The summed E-state index contributed by atoms with van der Waals surface area (Å²) in [4.78, 5) is 23.8. The molecule has 4 heterocycles. The number of fused-ring (bicyclic) bond motifs is 1. The zero-order chi connectivity index (χ0) is 31.2. The van der Waals surface area contributed by atoms with Crippen molar-refractivity contribution >= 4 is 28.7 Å². The molecule has 0 radical (unpaired) electrons. The van der Waals surface area contributed by atoms with E-state index in [1.54, 1.807) is 41.4 Å². The van der Waals surface area contributed by atoms with Crippen molar-refractivity contribution in [2.24, 2.45) is 13.0 Å². The van der Waals surface area contributed by atoms with Crippen molar-refractivity contribution < 1.29 is 35.9 Å². The van der Waals surface area contributed by atoms with Crippen LogP contribution < -0.4 is 4.74 Å². The summed E-state index contributed by atoms with van der Waals surface area (Å²) in [6.45, 7) is 2.97. The molecule has 0 unspecified atom stereocenters. The SMILES string of the molecule is Cn1cnc2c(C#N)nc(-c3ccc(OCCC4CCN(Cc5nccs5)CC4)c(C(F)(F)F)c3)cc21.O=CC(F)(F)F. The summed E-state index contributed by atoms with van der Waals surface area (Å²) < 4.78 is 80.5. The molecule has 1 aliphatic heterocycles. The van der Waals surface area contributed by atoms with Crippen LogP contribution in [0.2, 0.25) is 0 Å². The van der Waals surface area contributed by atoms with Crippen molar-refractivity contribution in [1.29, 1.82) is 5.26 Å². The standard InChI is InChI=1S/C26H25F3N6OS.C2HF3O/c1-34-16-32-25-21(14-30)33-20(13-22(25)34)18-2-3-23(19(12-18)26(27,28)29)36-10-6-17-4-8-35(9-5-17)15-24-31-7-11-37-24;3-2(4,5)1-6/h2-3,7,11-13,16-17H,4-6,8-10,15H2,1H3;1H. The molecule has 15 heteroatoms. The molecule has 0 saturated carbocycles. The van der Waals surface area contributed by atoms with Gasteiger partial charge >= 0.3 is 12.4 Å². The van der Waals surface area contributed by atoms with Crippen LogP contribution in [0.3, 0.4) is 0 Å². The third-order valence-corrected chi connectivity index (χ3v) is 7.63. The molecule has 1 aromatic carbocycles. The van der Waals surface area contributed by atoms with Crippen LogP contribution >= 0.6 is 11.3 Å². The summed E-state index contributed by atoms with van der Waals surface area (Å²) in [6.07, 6.45) is -4.26. The Bertz CT molecular complexity index is 1570. The van der Waals surface area contributed by atoms with E-state index in [1.165, 1.54) is 6.07 Å². The molecular weight excluding hydrogens is 598 g/mol. The molecule has 0 atom stereocenters. The number of thiazole rings is 1.